The van der Waals surface area contributed by atoms with Crippen LogP contribution in [0.15, 0.2) is 63.5 Å². The summed E-state index contributed by atoms with van der Waals surface area (Å²) in [7, 11) is 0. The molecular weight excluding hydrogens is 368 g/mol. The van der Waals surface area contributed by atoms with E-state index in [1.807, 2.05) is 24.3 Å². The van der Waals surface area contributed by atoms with Gasteiger partial charge in [-0.15, -0.1) is 0 Å². The number of rotatable bonds is 3. The smallest absolute Gasteiger partial charge is 0.134 e. The molecule has 19 heavy (non-hydrogen) atoms. The first-order chi connectivity index (χ1) is 9.22. The molecule has 0 saturated carbocycles. The predicted octanol–water partition coefficient (Wildman–Crippen LogP) is 5.87. The molecule has 96 valence electrons. The fourth-order valence-corrected chi connectivity index (χ4v) is 3.17. The quantitative estimate of drug-likeness (QED) is 0.518. The zero-order valence-electron chi connectivity index (χ0n) is 10.1. The van der Waals surface area contributed by atoms with Crippen LogP contribution in [0.5, 0.6) is 0 Å². The van der Waals surface area contributed by atoms with Crippen molar-refractivity contribution in [1.82, 2.24) is 0 Å². The normalized spacial score (nSPS) is 12.7. The van der Waals surface area contributed by atoms with Gasteiger partial charge in [-0.3, -0.25) is 0 Å². The Hall–Kier alpha value is -1.06. The van der Waals surface area contributed by atoms with E-state index in [2.05, 4.69) is 62.2 Å². The summed E-state index contributed by atoms with van der Waals surface area (Å²) in [5, 5.41) is 1.15. The first-order valence-electron chi connectivity index (χ1n) is 6.09. The Labute approximate surface area is 128 Å². The van der Waals surface area contributed by atoms with Gasteiger partial charge in [0.1, 0.15) is 11.3 Å². The molecule has 1 nitrogen and oxygen atoms in total. The van der Waals surface area contributed by atoms with Crippen LogP contribution < -0.4 is 0 Å². The van der Waals surface area contributed by atoms with Crippen LogP contribution in [0.1, 0.15) is 16.2 Å². The van der Waals surface area contributed by atoms with E-state index >= 15 is 0 Å². The summed E-state index contributed by atoms with van der Waals surface area (Å²) in [5.41, 5.74) is 2.22. The van der Waals surface area contributed by atoms with E-state index in [-0.39, 0.29) is 4.83 Å². The van der Waals surface area contributed by atoms with Crippen LogP contribution >= 0.6 is 31.9 Å². The van der Waals surface area contributed by atoms with E-state index in [0.29, 0.717) is 0 Å². The molecule has 0 fully saturated rings. The number of hydrogen-bond donors (Lipinski definition) is 0. The number of benzene rings is 2. The number of fused-ring (bicyclic) bond motifs is 1. The molecule has 0 radical (unpaired) electrons. The minimum Gasteiger partial charge on any atom is -0.460 e. The molecule has 0 aliphatic rings. The van der Waals surface area contributed by atoms with E-state index in [4.69, 9.17) is 4.42 Å². The van der Waals surface area contributed by atoms with E-state index in [9.17, 15) is 0 Å². The molecule has 0 spiro atoms. The number of halogens is 2. The molecule has 3 heteroatoms. The van der Waals surface area contributed by atoms with Gasteiger partial charge in [0, 0.05) is 9.86 Å². The average molecular weight is 380 g/mol. The van der Waals surface area contributed by atoms with Crippen LogP contribution in [0.2, 0.25) is 0 Å². The molecule has 1 heterocycles. The van der Waals surface area contributed by atoms with Crippen molar-refractivity contribution in [2.75, 3.05) is 0 Å². The summed E-state index contributed by atoms with van der Waals surface area (Å²) in [5.74, 6) is 0.973. The van der Waals surface area contributed by atoms with E-state index in [1.54, 1.807) is 0 Å². The molecule has 0 N–H and O–H groups in total. The number of alkyl halides is 1. The van der Waals surface area contributed by atoms with Gasteiger partial charge >= 0.3 is 0 Å². The average Bonchev–Trinajstić information content (AvgIpc) is 2.82. The summed E-state index contributed by atoms with van der Waals surface area (Å²) >= 11 is 7.21. The molecule has 1 atom stereocenters. The standard InChI is InChI=1S/C16H12Br2O/c17-13-6-3-4-11(8-13)9-14(18)16-10-12-5-1-2-7-15(12)19-16/h1-8,10,14H,9H2. The number of para-hydroxylation sites is 1. The molecule has 0 saturated heterocycles. The first-order valence-corrected chi connectivity index (χ1v) is 7.80. The fourth-order valence-electron chi connectivity index (χ4n) is 2.13. The molecular formula is C16H12Br2O. The second-order valence-corrected chi connectivity index (χ2v) is 6.51. The van der Waals surface area contributed by atoms with Gasteiger partial charge in [-0.05, 0) is 36.2 Å². The molecule has 1 aromatic heterocycles. The molecule has 3 rings (SSSR count). The van der Waals surface area contributed by atoms with Gasteiger partial charge in [-0.1, -0.05) is 62.2 Å². The largest absolute Gasteiger partial charge is 0.460 e. The third-order valence-electron chi connectivity index (χ3n) is 3.06. The highest BCUT2D eigenvalue weighted by Crippen LogP contribution is 2.32. The van der Waals surface area contributed by atoms with Crippen molar-refractivity contribution >= 4 is 42.8 Å². The van der Waals surface area contributed by atoms with E-state index < -0.39 is 0 Å². The van der Waals surface area contributed by atoms with Gasteiger partial charge in [-0.2, -0.15) is 0 Å². The highest BCUT2D eigenvalue weighted by Gasteiger charge is 2.13. The molecule has 1 unspecified atom stereocenters. The van der Waals surface area contributed by atoms with Gasteiger partial charge < -0.3 is 4.42 Å². The third-order valence-corrected chi connectivity index (χ3v) is 4.33. The van der Waals surface area contributed by atoms with Crippen LogP contribution in [-0.4, -0.2) is 0 Å². The Morgan fingerprint density at radius 1 is 1.00 bits per heavy atom. The van der Waals surface area contributed by atoms with Crippen molar-refractivity contribution in [1.29, 1.82) is 0 Å². The summed E-state index contributed by atoms with van der Waals surface area (Å²) in [6.45, 7) is 0. The second kappa shape index (κ2) is 5.51. The van der Waals surface area contributed by atoms with Crippen LogP contribution in [0.25, 0.3) is 11.0 Å². The molecule has 3 aromatic rings. The van der Waals surface area contributed by atoms with Crippen molar-refractivity contribution in [3.63, 3.8) is 0 Å². The summed E-state index contributed by atoms with van der Waals surface area (Å²) in [6.07, 6.45) is 0.902. The maximum absolute atomic E-state index is 5.87. The summed E-state index contributed by atoms with van der Waals surface area (Å²) < 4.78 is 6.98. The SMILES string of the molecule is Brc1cccc(CC(Br)c2cc3ccccc3o2)c1. The van der Waals surface area contributed by atoms with Crippen LogP contribution in [0.4, 0.5) is 0 Å². The number of furan rings is 1. The maximum atomic E-state index is 5.87. The zero-order valence-corrected chi connectivity index (χ0v) is 13.3. The lowest BCUT2D eigenvalue weighted by molar-refractivity contribution is 0.545. The number of hydrogen-bond acceptors (Lipinski definition) is 1. The molecule has 0 amide bonds. The monoisotopic (exact) mass is 378 g/mol. The Morgan fingerprint density at radius 3 is 2.63 bits per heavy atom. The first kappa shape index (κ1) is 12.9. The van der Waals surface area contributed by atoms with Crippen LogP contribution in [-0.2, 0) is 6.42 Å². The van der Waals surface area contributed by atoms with Gasteiger partial charge in [0.05, 0.1) is 4.83 Å². The minimum atomic E-state index is 0.189. The Bertz CT molecular complexity index is 670. The second-order valence-electron chi connectivity index (χ2n) is 4.49. The summed E-state index contributed by atoms with van der Waals surface area (Å²) in [4.78, 5) is 0.189. The lowest BCUT2D eigenvalue weighted by Crippen LogP contribution is -1.93. The van der Waals surface area contributed by atoms with Crippen molar-refractivity contribution in [2.45, 2.75) is 11.2 Å². The zero-order chi connectivity index (χ0) is 13.2. The topological polar surface area (TPSA) is 13.1 Å². The summed E-state index contributed by atoms with van der Waals surface area (Å²) in [6, 6.07) is 18.5. The Balaban J connectivity index is 1.85. The highest BCUT2D eigenvalue weighted by atomic mass is 79.9. The molecule has 0 aliphatic heterocycles. The Morgan fingerprint density at radius 2 is 1.84 bits per heavy atom. The lowest BCUT2D eigenvalue weighted by Gasteiger charge is -2.07. The van der Waals surface area contributed by atoms with Crippen molar-refractivity contribution in [2.24, 2.45) is 0 Å². The minimum absolute atomic E-state index is 0.189. The van der Waals surface area contributed by atoms with Crippen molar-refractivity contribution < 1.29 is 4.42 Å². The fraction of sp³-hybridized carbons (Fsp3) is 0.125. The van der Waals surface area contributed by atoms with Crippen molar-refractivity contribution in [3.05, 3.63) is 70.4 Å². The molecule has 0 aliphatic carbocycles. The Kier molecular flexibility index (Phi) is 3.76. The van der Waals surface area contributed by atoms with Crippen LogP contribution in [0.3, 0.4) is 0 Å². The predicted molar refractivity (Wildman–Crippen MR) is 85.7 cm³/mol. The molecule has 2 aromatic carbocycles. The van der Waals surface area contributed by atoms with E-state index in [1.165, 1.54) is 5.56 Å². The lowest BCUT2D eigenvalue weighted by atomic mass is 10.1. The van der Waals surface area contributed by atoms with Gasteiger partial charge in [-0.25, -0.2) is 0 Å². The van der Waals surface area contributed by atoms with Gasteiger partial charge in [0.25, 0.3) is 0 Å². The highest BCUT2D eigenvalue weighted by molar-refractivity contribution is 9.10. The van der Waals surface area contributed by atoms with Crippen molar-refractivity contribution in [3.8, 4) is 0 Å². The molecule has 0 bridgehead atoms. The van der Waals surface area contributed by atoms with E-state index in [0.717, 1.165) is 27.6 Å². The van der Waals surface area contributed by atoms with Gasteiger partial charge in [0.15, 0.2) is 0 Å². The van der Waals surface area contributed by atoms with Crippen LogP contribution in [0, 0.1) is 0 Å². The third kappa shape index (κ3) is 2.93. The van der Waals surface area contributed by atoms with Gasteiger partial charge in [0.2, 0.25) is 0 Å². The maximum Gasteiger partial charge on any atom is 0.134 e.